The van der Waals surface area contributed by atoms with E-state index in [0.29, 0.717) is 6.61 Å². The highest BCUT2D eigenvalue weighted by atomic mass is 16.5. The Bertz CT molecular complexity index is 365. The Morgan fingerprint density at radius 1 is 1.73 bits per heavy atom. The lowest BCUT2D eigenvalue weighted by Crippen LogP contribution is -2.34. The fourth-order valence-electron chi connectivity index (χ4n) is 1.75. The van der Waals surface area contributed by atoms with Gasteiger partial charge in [0.25, 0.3) is 0 Å². The van der Waals surface area contributed by atoms with E-state index in [1.54, 1.807) is 6.20 Å². The predicted octanol–water partition coefficient (Wildman–Crippen LogP) is 1.37. The average Bonchev–Trinajstić information content (AvgIpc) is 2.29. The number of aromatic nitrogens is 1. The van der Waals surface area contributed by atoms with Gasteiger partial charge in [-0.05, 0) is 31.4 Å². The van der Waals surface area contributed by atoms with Gasteiger partial charge < -0.3 is 10.1 Å². The van der Waals surface area contributed by atoms with Crippen LogP contribution in [-0.4, -0.2) is 23.6 Å². The number of hydrogen-bond acceptors (Lipinski definition) is 4. The van der Waals surface area contributed by atoms with E-state index < -0.39 is 0 Å². The molecule has 1 atom stereocenters. The summed E-state index contributed by atoms with van der Waals surface area (Å²) >= 11 is 0. The largest absolute Gasteiger partial charge is 0.464 e. The van der Waals surface area contributed by atoms with Crippen molar-refractivity contribution >= 4 is 11.7 Å². The summed E-state index contributed by atoms with van der Waals surface area (Å²) in [4.78, 5) is 15.6. The Morgan fingerprint density at radius 2 is 2.60 bits per heavy atom. The van der Waals surface area contributed by atoms with E-state index in [9.17, 15) is 4.79 Å². The molecule has 1 unspecified atom stereocenters. The smallest absolute Gasteiger partial charge is 0.328 e. The Labute approximate surface area is 88.7 Å². The molecule has 0 saturated heterocycles. The van der Waals surface area contributed by atoms with Crippen LogP contribution in [-0.2, 0) is 16.0 Å². The van der Waals surface area contributed by atoms with E-state index in [0.717, 1.165) is 24.1 Å². The predicted molar refractivity (Wildman–Crippen MR) is 56.6 cm³/mol. The molecule has 1 aromatic rings. The van der Waals surface area contributed by atoms with E-state index in [1.165, 1.54) is 0 Å². The van der Waals surface area contributed by atoms with Gasteiger partial charge in [0.15, 0.2) is 0 Å². The van der Waals surface area contributed by atoms with Crippen molar-refractivity contribution in [1.82, 2.24) is 4.98 Å². The molecule has 0 aliphatic carbocycles. The van der Waals surface area contributed by atoms with Crippen LogP contribution in [0.4, 0.5) is 5.69 Å². The summed E-state index contributed by atoms with van der Waals surface area (Å²) in [6.45, 7) is 2.25. The van der Waals surface area contributed by atoms with Gasteiger partial charge in [0.1, 0.15) is 6.04 Å². The van der Waals surface area contributed by atoms with Crippen LogP contribution in [0.25, 0.3) is 0 Å². The summed E-state index contributed by atoms with van der Waals surface area (Å²) in [7, 11) is 0. The van der Waals surface area contributed by atoms with Crippen LogP contribution in [0, 0.1) is 0 Å². The second-order valence-electron chi connectivity index (χ2n) is 3.52. The van der Waals surface area contributed by atoms with Gasteiger partial charge >= 0.3 is 5.97 Å². The number of anilines is 1. The van der Waals surface area contributed by atoms with Crippen molar-refractivity contribution < 1.29 is 9.53 Å². The summed E-state index contributed by atoms with van der Waals surface area (Å²) in [5.74, 6) is -0.167. The molecule has 1 N–H and O–H groups in total. The molecule has 80 valence electrons. The lowest BCUT2D eigenvalue weighted by molar-refractivity contribution is -0.144. The number of hydrogen-bond donors (Lipinski definition) is 1. The number of ether oxygens (including phenoxy) is 1. The first kappa shape index (κ1) is 9.96. The fraction of sp³-hybridized carbons (Fsp3) is 0.455. The van der Waals surface area contributed by atoms with Gasteiger partial charge in [-0.1, -0.05) is 0 Å². The van der Waals surface area contributed by atoms with Crippen LogP contribution in [0.1, 0.15) is 18.9 Å². The van der Waals surface area contributed by atoms with Crippen LogP contribution in [0.15, 0.2) is 18.5 Å². The molecule has 0 spiro atoms. The van der Waals surface area contributed by atoms with Gasteiger partial charge in [0.05, 0.1) is 6.61 Å². The first-order valence-electron chi connectivity index (χ1n) is 5.17. The molecule has 2 rings (SSSR count). The topological polar surface area (TPSA) is 51.2 Å². The Balaban J connectivity index is 2.08. The van der Waals surface area contributed by atoms with E-state index >= 15 is 0 Å². The third-order valence-corrected chi connectivity index (χ3v) is 2.51. The molecule has 0 amide bonds. The zero-order valence-corrected chi connectivity index (χ0v) is 8.69. The summed E-state index contributed by atoms with van der Waals surface area (Å²) < 4.78 is 4.98. The van der Waals surface area contributed by atoms with Crippen molar-refractivity contribution in [2.24, 2.45) is 0 Å². The minimum atomic E-state index is -0.208. The maximum atomic E-state index is 11.5. The first-order valence-corrected chi connectivity index (χ1v) is 5.17. The quantitative estimate of drug-likeness (QED) is 0.742. The van der Waals surface area contributed by atoms with Gasteiger partial charge in [-0.3, -0.25) is 4.98 Å². The normalized spacial score (nSPS) is 18.9. The second-order valence-corrected chi connectivity index (χ2v) is 3.52. The third-order valence-electron chi connectivity index (χ3n) is 2.51. The molecule has 0 saturated carbocycles. The van der Waals surface area contributed by atoms with E-state index in [1.807, 2.05) is 19.2 Å². The van der Waals surface area contributed by atoms with E-state index in [2.05, 4.69) is 10.3 Å². The van der Waals surface area contributed by atoms with Crippen molar-refractivity contribution in [3.8, 4) is 0 Å². The van der Waals surface area contributed by atoms with Crippen LogP contribution in [0.5, 0.6) is 0 Å². The molecule has 1 aliphatic heterocycles. The maximum absolute atomic E-state index is 11.5. The highest BCUT2D eigenvalue weighted by Gasteiger charge is 2.24. The summed E-state index contributed by atoms with van der Waals surface area (Å²) in [5.41, 5.74) is 2.16. The number of nitrogens with one attached hydrogen (secondary N) is 1. The number of rotatable bonds is 2. The van der Waals surface area contributed by atoms with Crippen LogP contribution in [0.3, 0.4) is 0 Å². The number of pyridine rings is 1. The monoisotopic (exact) mass is 206 g/mol. The molecule has 0 fully saturated rings. The Kier molecular flexibility index (Phi) is 2.85. The van der Waals surface area contributed by atoms with Gasteiger partial charge in [-0.25, -0.2) is 4.79 Å². The first-order chi connectivity index (χ1) is 7.31. The highest BCUT2D eigenvalue weighted by Crippen LogP contribution is 2.23. The Hall–Kier alpha value is -1.58. The SMILES string of the molecule is CCOC(=O)C1CCc2cnccc2N1. The summed E-state index contributed by atoms with van der Waals surface area (Å²) in [6.07, 6.45) is 5.21. The molecule has 2 heterocycles. The fourth-order valence-corrected chi connectivity index (χ4v) is 1.75. The lowest BCUT2D eigenvalue weighted by atomic mass is 10.00. The number of nitrogens with zero attached hydrogens (tertiary/aromatic N) is 1. The van der Waals surface area contributed by atoms with Crippen LogP contribution in [0.2, 0.25) is 0 Å². The van der Waals surface area contributed by atoms with Crippen molar-refractivity contribution in [3.05, 3.63) is 24.0 Å². The van der Waals surface area contributed by atoms with Crippen LogP contribution < -0.4 is 5.32 Å². The molecule has 4 nitrogen and oxygen atoms in total. The number of carbonyl (C=O) groups is 1. The molecular weight excluding hydrogens is 192 g/mol. The number of aryl methyl sites for hydroxylation is 1. The standard InChI is InChI=1S/C11H14N2O2/c1-2-15-11(14)10-4-3-8-7-12-6-5-9(8)13-10/h5-7,10,13H,2-4H2,1H3. The van der Waals surface area contributed by atoms with Gasteiger partial charge in [-0.2, -0.15) is 0 Å². The van der Waals surface area contributed by atoms with Gasteiger partial charge in [0, 0.05) is 18.1 Å². The minimum Gasteiger partial charge on any atom is -0.464 e. The van der Waals surface area contributed by atoms with Crippen molar-refractivity contribution in [3.63, 3.8) is 0 Å². The van der Waals surface area contributed by atoms with Gasteiger partial charge in [-0.15, -0.1) is 0 Å². The van der Waals surface area contributed by atoms with Crippen LogP contribution >= 0.6 is 0 Å². The number of carbonyl (C=O) groups excluding carboxylic acids is 1. The second kappa shape index (κ2) is 4.29. The highest BCUT2D eigenvalue weighted by molar-refractivity contribution is 5.80. The zero-order valence-electron chi connectivity index (χ0n) is 8.69. The number of esters is 1. The molecular formula is C11H14N2O2. The molecule has 0 radical (unpaired) electrons. The van der Waals surface area contributed by atoms with E-state index in [-0.39, 0.29) is 12.0 Å². The van der Waals surface area contributed by atoms with Crippen molar-refractivity contribution in [2.45, 2.75) is 25.8 Å². The molecule has 4 heteroatoms. The molecule has 1 aliphatic rings. The average molecular weight is 206 g/mol. The van der Waals surface area contributed by atoms with E-state index in [4.69, 9.17) is 4.74 Å². The zero-order chi connectivity index (χ0) is 10.7. The molecule has 1 aromatic heterocycles. The molecule has 15 heavy (non-hydrogen) atoms. The Morgan fingerprint density at radius 3 is 3.40 bits per heavy atom. The molecule has 0 bridgehead atoms. The van der Waals surface area contributed by atoms with Crippen molar-refractivity contribution in [1.29, 1.82) is 0 Å². The van der Waals surface area contributed by atoms with Gasteiger partial charge in [0.2, 0.25) is 0 Å². The minimum absolute atomic E-state index is 0.167. The maximum Gasteiger partial charge on any atom is 0.328 e. The number of fused-ring (bicyclic) bond motifs is 1. The molecule has 0 aromatic carbocycles. The lowest BCUT2D eigenvalue weighted by Gasteiger charge is -2.24. The third kappa shape index (κ3) is 2.09. The summed E-state index contributed by atoms with van der Waals surface area (Å²) in [6, 6.07) is 1.68. The summed E-state index contributed by atoms with van der Waals surface area (Å²) in [5, 5.41) is 3.17. The van der Waals surface area contributed by atoms with Crippen molar-refractivity contribution in [2.75, 3.05) is 11.9 Å².